The molecule has 1 aromatic heterocycles. The Kier molecular flexibility index (Phi) is 6.02. The zero-order valence-electron chi connectivity index (χ0n) is 17.7. The molecule has 0 atom stereocenters. The number of aromatic amines is 1. The Morgan fingerprint density at radius 3 is 2.47 bits per heavy atom. The van der Waals surface area contributed by atoms with Gasteiger partial charge in [0.25, 0.3) is 6.01 Å². The molecule has 0 saturated heterocycles. The fraction of sp³-hybridized carbons (Fsp3) is 0.120. The summed E-state index contributed by atoms with van der Waals surface area (Å²) in [5, 5.41) is 0.486. The number of carbonyl (C=O) groups is 1. The second kappa shape index (κ2) is 9.04. The van der Waals surface area contributed by atoms with Crippen LogP contribution in [0.1, 0.15) is 27.0 Å². The Hall–Kier alpha value is -3.95. The van der Waals surface area contributed by atoms with Crippen LogP contribution in [0.3, 0.4) is 0 Å². The number of esters is 1. The van der Waals surface area contributed by atoms with Gasteiger partial charge in [-0.05, 0) is 61.0 Å². The lowest BCUT2D eigenvalue weighted by Crippen LogP contribution is -2.04. The molecule has 0 aliphatic heterocycles. The highest BCUT2D eigenvalue weighted by Crippen LogP contribution is 2.27. The molecule has 0 bridgehead atoms. The number of carbonyl (C=O) groups excluding carboxylic acids is 1. The molecule has 0 fully saturated rings. The summed E-state index contributed by atoms with van der Waals surface area (Å²) < 4.78 is 15.8. The SMILES string of the molecule is COC(=O)c1cc(Oc2nc3cc(Cl)c(C#Cc4ccc(OC)cc4)cc3[nH]2)ccc1C. The zero-order chi connectivity index (χ0) is 22.7. The zero-order valence-corrected chi connectivity index (χ0v) is 18.4. The average molecular weight is 447 g/mol. The number of benzene rings is 3. The number of H-pyrrole nitrogens is 1. The highest BCUT2D eigenvalue weighted by Gasteiger charge is 2.13. The number of methoxy groups -OCH3 is 2. The Bertz CT molecular complexity index is 1360. The van der Waals surface area contributed by atoms with E-state index in [4.69, 9.17) is 25.8 Å². The number of nitrogens with one attached hydrogen (secondary N) is 1. The lowest BCUT2D eigenvalue weighted by molar-refractivity contribution is 0.0599. The number of hydrogen-bond donors (Lipinski definition) is 1. The highest BCUT2D eigenvalue weighted by atomic mass is 35.5. The van der Waals surface area contributed by atoms with Crippen LogP contribution < -0.4 is 9.47 Å². The van der Waals surface area contributed by atoms with E-state index in [1.807, 2.05) is 37.3 Å². The Labute approximate surface area is 190 Å². The van der Waals surface area contributed by atoms with Crippen molar-refractivity contribution in [1.29, 1.82) is 0 Å². The van der Waals surface area contributed by atoms with Crippen LogP contribution >= 0.6 is 11.6 Å². The molecule has 0 spiro atoms. The van der Waals surface area contributed by atoms with Crippen LogP contribution in [0.25, 0.3) is 11.0 Å². The normalized spacial score (nSPS) is 10.4. The predicted molar refractivity (Wildman–Crippen MR) is 123 cm³/mol. The van der Waals surface area contributed by atoms with Gasteiger partial charge in [-0.15, -0.1) is 0 Å². The molecular weight excluding hydrogens is 428 g/mol. The summed E-state index contributed by atoms with van der Waals surface area (Å²) >= 11 is 6.41. The molecule has 32 heavy (non-hydrogen) atoms. The summed E-state index contributed by atoms with van der Waals surface area (Å²) in [4.78, 5) is 19.4. The molecule has 4 aromatic rings. The van der Waals surface area contributed by atoms with Gasteiger partial charge in [0.2, 0.25) is 0 Å². The van der Waals surface area contributed by atoms with Crippen molar-refractivity contribution in [3.05, 3.63) is 81.9 Å². The highest BCUT2D eigenvalue weighted by molar-refractivity contribution is 6.32. The van der Waals surface area contributed by atoms with E-state index >= 15 is 0 Å². The molecule has 0 saturated carbocycles. The summed E-state index contributed by atoms with van der Waals surface area (Å²) in [6, 6.07) is 16.4. The Balaban J connectivity index is 1.60. The molecule has 160 valence electrons. The summed E-state index contributed by atoms with van der Waals surface area (Å²) in [5.74, 6) is 6.98. The van der Waals surface area contributed by atoms with Crippen molar-refractivity contribution < 1.29 is 19.0 Å². The molecule has 1 N–H and O–H groups in total. The first kappa shape index (κ1) is 21.3. The summed E-state index contributed by atoms with van der Waals surface area (Å²) in [6.07, 6.45) is 0. The van der Waals surface area contributed by atoms with Crippen LogP contribution in [0, 0.1) is 18.8 Å². The molecule has 3 aromatic carbocycles. The molecule has 1 heterocycles. The first-order valence-corrected chi connectivity index (χ1v) is 10.1. The number of hydrogen-bond acceptors (Lipinski definition) is 5. The van der Waals surface area contributed by atoms with Gasteiger partial charge < -0.3 is 19.2 Å². The van der Waals surface area contributed by atoms with E-state index in [9.17, 15) is 4.79 Å². The number of imidazole rings is 1. The first-order valence-electron chi connectivity index (χ1n) is 9.69. The molecule has 0 unspecified atom stereocenters. The maximum Gasteiger partial charge on any atom is 0.338 e. The first-order chi connectivity index (χ1) is 15.5. The average Bonchev–Trinajstić information content (AvgIpc) is 3.19. The summed E-state index contributed by atoms with van der Waals surface area (Å²) in [6.45, 7) is 1.83. The van der Waals surface area contributed by atoms with Crippen molar-refractivity contribution in [3.63, 3.8) is 0 Å². The van der Waals surface area contributed by atoms with Crippen molar-refractivity contribution in [2.45, 2.75) is 6.92 Å². The smallest absolute Gasteiger partial charge is 0.338 e. The van der Waals surface area contributed by atoms with Gasteiger partial charge in [-0.2, -0.15) is 4.98 Å². The topological polar surface area (TPSA) is 73.4 Å². The van der Waals surface area contributed by atoms with Gasteiger partial charge in [0.1, 0.15) is 11.5 Å². The number of rotatable bonds is 4. The number of aromatic nitrogens is 2. The largest absolute Gasteiger partial charge is 0.497 e. The molecule has 6 nitrogen and oxygen atoms in total. The van der Waals surface area contributed by atoms with E-state index in [0.717, 1.165) is 22.4 Å². The monoisotopic (exact) mass is 446 g/mol. The second-order valence-electron chi connectivity index (χ2n) is 6.94. The molecule has 4 rings (SSSR count). The lowest BCUT2D eigenvalue weighted by atomic mass is 10.1. The van der Waals surface area contributed by atoms with Crippen LogP contribution in [-0.4, -0.2) is 30.2 Å². The standard InChI is InChI=1S/C25H19ClN2O4/c1-15-4-9-19(13-20(15)24(29)31-3)32-25-27-22-12-17(21(26)14-23(22)28-25)8-5-16-6-10-18(30-2)11-7-16/h4,6-7,9-14H,1-3H3,(H,27,28). The predicted octanol–water partition coefficient (Wildman–Crippen LogP) is 5.51. The van der Waals surface area contributed by atoms with Crippen LogP contribution in [0.2, 0.25) is 5.02 Å². The summed E-state index contributed by atoms with van der Waals surface area (Å²) in [7, 11) is 2.96. The minimum atomic E-state index is -0.426. The lowest BCUT2D eigenvalue weighted by Gasteiger charge is -2.07. The molecule has 7 heteroatoms. The van der Waals surface area contributed by atoms with Gasteiger partial charge in [0.15, 0.2) is 0 Å². The van der Waals surface area contributed by atoms with Crippen molar-refractivity contribution in [2.24, 2.45) is 0 Å². The van der Waals surface area contributed by atoms with Crippen LogP contribution in [0.15, 0.2) is 54.6 Å². The van der Waals surface area contributed by atoms with E-state index in [2.05, 4.69) is 21.8 Å². The van der Waals surface area contributed by atoms with Gasteiger partial charge in [0, 0.05) is 11.1 Å². The third-order valence-corrected chi connectivity index (χ3v) is 5.12. The maximum atomic E-state index is 11.9. The van der Waals surface area contributed by atoms with Gasteiger partial charge in [-0.25, -0.2) is 4.79 Å². The third kappa shape index (κ3) is 4.53. The second-order valence-corrected chi connectivity index (χ2v) is 7.35. The van der Waals surface area contributed by atoms with E-state index in [0.29, 0.717) is 27.4 Å². The van der Waals surface area contributed by atoms with Crippen LogP contribution in [0.4, 0.5) is 0 Å². The maximum absolute atomic E-state index is 11.9. The minimum absolute atomic E-state index is 0.274. The van der Waals surface area contributed by atoms with Crippen molar-refractivity contribution >= 4 is 28.6 Å². The van der Waals surface area contributed by atoms with E-state index in [1.165, 1.54) is 7.11 Å². The van der Waals surface area contributed by atoms with Gasteiger partial charge in [0.05, 0.1) is 35.8 Å². The van der Waals surface area contributed by atoms with E-state index < -0.39 is 5.97 Å². The molecule has 0 aliphatic carbocycles. The third-order valence-electron chi connectivity index (χ3n) is 4.81. The molecule has 0 aliphatic rings. The minimum Gasteiger partial charge on any atom is -0.497 e. The van der Waals surface area contributed by atoms with E-state index in [1.54, 1.807) is 31.4 Å². The van der Waals surface area contributed by atoms with Crippen molar-refractivity contribution in [2.75, 3.05) is 14.2 Å². The van der Waals surface area contributed by atoms with Crippen LogP contribution in [0.5, 0.6) is 17.5 Å². The number of nitrogens with zero attached hydrogens (tertiary/aromatic N) is 1. The Morgan fingerprint density at radius 2 is 1.75 bits per heavy atom. The fourth-order valence-electron chi connectivity index (χ4n) is 3.07. The van der Waals surface area contributed by atoms with Crippen molar-refractivity contribution in [1.82, 2.24) is 9.97 Å². The van der Waals surface area contributed by atoms with Gasteiger partial charge in [-0.1, -0.05) is 29.5 Å². The van der Waals surface area contributed by atoms with Gasteiger partial charge >= 0.3 is 5.97 Å². The number of fused-ring (bicyclic) bond motifs is 1. The fourth-order valence-corrected chi connectivity index (χ4v) is 3.28. The number of ether oxygens (including phenoxy) is 3. The number of aryl methyl sites for hydroxylation is 1. The molecular formula is C25H19ClN2O4. The van der Waals surface area contributed by atoms with Crippen molar-refractivity contribution in [3.8, 4) is 29.4 Å². The van der Waals surface area contributed by atoms with E-state index in [-0.39, 0.29) is 6.01 Å². The summed E-state index contributed by atoms with van der Waals surface area (Å²) in [5.41, 5.74) is 4.09. The molecule has 0 amide bonds. The van der Waals surface area contributed by atoms with Gasteiger partial charge in [-0.3, -0.25) is 0 Å². The number of halogens is 1. The molecule has 0 radical (unpaired) electrons. The quantitative estimate of drug-likeness (QED) is 0.330. The Morgan fingerprint density at radius 1 is 1.00 bits per heavy atom. The van der Waals surface area contributed by atoms with Crippen LogP contribution in [-0.2, 0) is 4.74 Å².